The van der Waals surface area contributed by atoms with E-state index in [0.29, 0.717) is 0 Å². The summed E-state index contributed by atoms with van der Waals surface area (Å²) in [5.74, 6) is 1.000. The van der Waals surface area contributed by atoms with Crippen molar-refractivity contribution in [2.24, 2.45) is 0 Å². The molecule has 0 amide bonds. The molecular weight excluding hydrogens is 222 g/mol. The topological polar surface area (TPSA) is 25.0 Å². The molecule has 0 radical (unpaired) electrons. The fourth-order valence-electron chi connectivity index (χ4n) is 2.65. The summed E-state index contributed by atoms with van der Waals surface area (Å²) in [5.41, 5.74) is 3.45. The van der Waals surface area contributed by atoms with Gasteiger partial charge in [-0.3, -0.25) is 0 Å². The summed E-state index contributed by atoms with van der Waals surface area (Å²) in [7, 11) is 0. The molecular formula is C16H13NO. The molecule has 2 heteroatoms. The molecule has 1 aliphatic heterocycles. The maximum absolute atomic E-state index is 6.00. The summed E-state index contributed by atoms with van der Waals surface area (Å²) >= 11 is 0. The molecule has 0 bridgehead atoms. The third-order valence-corrected chi connectivity index (χ3v) is 3.50. The fourth-order valence-corrected chi connectivity index (χ4v) is 2.65. The molecule has 0 aliphatic carbocycles. The standard InChI is InChI=1S/C16H13NO/c1-10-6-7-11-8-9-14-15(16(11)18-10)12-4-2-3-5-13(12)17-14/h2-10,17H,1H3. The van der Waals surface area contributed by atoms with Crippen LogP contribution < -0.4 is 4.74 Å². The molecule has 1 aromatic heterocycles. The summed E-state index contributed by atoms with van der Waals surface area (Å²) in [4.78, 5) is 3.44. The van der Waals surface area contributed by atoms with E-state index in [-0.39, 0.29) is 6.10 Å². The lowest BCUT2D eigenvalue weighted by Gasteiger charge is -2.19. The molecule has 2 aromatic carbocycles. The van der Waals surface area contributed by atoms with Gasteiger partial charge in [-0.2, -0.15) is 0 Å². The molecule has 3 aromatic rings. The summed E-state index contributed by atoms with van der Waals surface area (Å²) < 4.78 is 6.00. The van der Waals surface area contributed by atoms with Crippen LogP contribution in [0.15, 0.2) is 42.5 Å². The van der Waals surface area contributed by atoms with Gasteiger partial charge in [0.15, 0.2) is 0 Å². The van der Waals surface area contributed by atoms with Crippen LogP contribution in [-0.2, 0) is 0 Å². The molecule has 1 atom stereocenters. The highest BCUT2D eigenvalue weighted by molar-refractivity contribution is 6.11. The van der Waals surface area contributed by atoms with E-state index in [2.05, 4.69) is 54.4 Å². The smallest absolute Gasteiger partial charge is 0.137 e. The van der Waals surface area contributed by atoms with Gasteiger partial charge in [0.05, 0.1) is 10.9 Å². The van der Waals surface area contributed by atoms with Crippen LogP contribution in [-0.4, -0.2) is 11.1 Å². The number of rotatable bonds is 0. The van der Waals surface area contributed by atoms with Crippen LogP contribution in [0.5, 0.6) is 5.75 Å². The minimum absolute atomic E-state index is 0.136. The summed E-state index contributed by atoms with van der Waals surface area (Å²) in [6.07, 6.45) is 4.37. The van der Waals surface area contributed by atoms with Crippen LogP contribution in [0, 0.1) is 0 Å². The minimum atomic E-state index is 0.136. The van der Waals surface area contributed by atoms with Crippen LogP contribution >= 0.6 is 0 Å². The molecule has 1 aliphatic rings. The Morgan fingerprint density at radius 2 is 1.94 bits per heavy atom. The highest BCUT2D eigenvalue weighted by Crippen LogP contribution is 2.38. The van der Waals surface area contributed by atoms with Gasteiger partial charge in [-0.1, -0.05) is 24.3 Å². The first-order valence-corrected chi connectivity index (χ1v) is 6.21. The number of hydrogen-bond donors (Lipinski definition) is 1. The minimum Gasteiger partial charge on any atom is -0.485 e. The van der Waals surface area contributed by atoms with Gasteiger partial charge < -0.3 is 9.72 Å². The van der Waals surface area contributed by atoms with Crippen LogP contribution in [0.4, 0.5) is 0 Å². The van der Waals surface area contributed by atoms with E-state index in [1.165, 1.54) is 10.8 Å². The Kier molecular flexibility index (Phi) is 1.84. The SMILES string of the molecule is CC1C=Cc2ccc3[nH]c4ccccc4c3c2O1. The third-order valence-electron chi connectivity index (χ3n) is 3.50. The zero-order valence-electron chi connectivity index (χ0n) is 10.1. The number of para-hydroxylation sites is 1. The van der Waals surface area contributed by atoms with Gasteiger partial charge in [-0.25, -0.2) is 0 Å². The molecule has 0 saturated heterocycles. The largest absolute Gasteiger partial charge is 0.485 e. The molecule has 0 spiro atoms. The van der Waals surface area contributed by atoms with Crippen molar-refractivity contribution < 1.29 is 4.74 Å². The Bertz CT molecular complexity index is 782. The molecule has 4 rings (SSSR count). The van der Waals surface area contributed by atoms with E-state index in [0.717, 1.165) is 22.3 Å². The van der Waals surface area contributed by atoms with Crippen molar-refractivity contribution in [3.05, 3.63) is 48.0 Å². The Balaban J connectivity index is 2.18. The second kappa shape index (κ2) is 3.39. The zero-order valence-corrected chi connectivity index (χ0v) is 10.1. The van der Waals surface area contributed by atoms with Crippen molar-refractivity contribution in [1.29, 1.82) is 0 Å². The monoisotopic (exact) mass is 235 g/mol. The molecule has 18 heavy (non-hydrogen) atoms. The van der Waals surface area contributed by atoms with E-state index in [1.54, 1.807) is 0 Å². The van der Waals surface area contributed by atoms with Gasteiger partial charge in [0.1, 0.15) is 11.9 Å². The van der Waals surface area contributed by atoms with E-state index in [1.807, 2.05) is 6.07 Å². The molecule has 1 N–H and O–H groups in total. The van der Waals surface area contributed by atoms with Gasteiger partial charge in [-0.05, 0) is 31.2 Å². The summed E-state index contributed by atoms with van der Waals surface area (Å²) in [5, 5.41) is 2.42. The van der Waals surface area contributed by atoms with Crippen molar-refractivity contribution in [1.82, 2.24) is 4.98 Å². The van der Waals surface area contributed by atoms with Crippen LogP contribution in [0.2, 0.25) is 0 Å². The summed E-state index contributed by atoms with van der Waals surface area (Å²) in [6.45, 7) is 2.06. The number of aromatic amines is 1. The molecule has 2 nitrogen and oxygen atoms in total. The molecule has 1 unspecified atom stereocenters. The number of fused-ring (bicyclic) bond motifs is 5. The van der Waals surface area contributed by atoms with Crippen LogP contribution in [0.25, 0.3) is 27.9 Å². The number of hydrogen-bond acceptors (Lipinski definition) is 1. The van der Waals surface area contributed by atoms with Gasteiger partial charge in [0, 0.05) is 16.5 Å². The maximum Gasteiger partial charge on any atom is 0.137 e. The normalized spacial score (nSPS) is 17.9. The van der Waals surface area contributed by atoms with Gasteiger partial charge in [0.2, 0.25) is 0 Å². The number of H-pyrrole nitrogens is 1. The number of nitrogens with one attached hydrogen (secondary N) is 1. The maximum atomic E-state index is 6.00. The van der Waals surface area contributed by atoms with E-state index >= 15 is 0 Å². The van der Waals surface area contributed by atoms with Gasteiger partial charge >= 0.3 is 0 Å². The van der Waals surface area contributed by atoms with E-state index < -0.39 is 0 Å². The quantitative estimate of drug-likeness (QED) is 0.623. The van der Waals surface area contributed by atoms with Crippen LogP contribution in [0.3, 0.4) is 0 Å². The van der Waals surface area contributed by atoms with Crippen molar-refractivity contribution in [2.75, 3.05) is 0 Å². The predicted octanol–water partition coefficient (Wildman–Crippen LogP) is 4.12. The molecule has 2 heterocycles. The van der Waals surface area contributed by atoms with E-state index in [4.69, 9.17) is 4.74 Å². The average molecular weight is 235 g/mol. The third kappa shape index (κ3) is 1.23. The lowest BCUT2D eigenvalue weighted by Crippen LogP contribution is -2.12. The van der Waals surface area contributed by atoms with Crippen molar-refractivity contribution >= 4 is 27.9 Å². The first kappa shape index (κ1) is 9.77. The van der Waals surface area contributed by atoms with E-state index in [9.17, 15) is 0 Å². The second-order valence-electron chi connectivity index (χ2n) is 4.76. The van der Waals surface area contributed by atoms with Crippen molar-refractivity contribution in [3.8, 4) is 5.75 Å². The predicted molar refractivity (Wildman–Crippen MR) is 74.9 cm³/mol. The molecule has 88 valence electrons. The first-order valence-electron chi connectivity index (χ1n) is 6.21. The number of aromatic nitrogens is 1. The highest BCUT2D eigenvalue weighted by Gasteiger charge is 2.17. The summed E-state index contributed by atoms with van der Waals surface area (Å²) in [6, 6.07) is 12.6. The lowest BCUT2D eigenvalue weighted by molar-refractivity contribution is 0.270. The highest BCUT2D eigenvalue weighted by atomic mass is 16.5. The van der Waals surface area contributed by atoms with Crippen molar-refractivity contribution in [2.45, 2.75) is 13.0 Å². The molecule has 0 fully saturated rings. The fraction of sp³-hybridized carbons (Fsp3) is 0.125. The van der Waals surface area contributed by atoms with Gasteiger partial charge in [0.25, 0.3) is 0 Å². The first-order chi connectivity index (χ1) is 8.83. The Morgan fingerprint density at radius 3 is 2.89 bits per heavy atom. The Hall–Kier alpha value is -2.22. The number of ether oxygens (including phenoxy) is 1. The average Bonchev–Trinajstić information content (AvgIpc) is 2.77. The molecule has 0 saturated carbocycles. The Morgan fingerprint density at radius 1 is 1.06 bits per heavy atom. The van der Waals surface area contributed by atoms with Crippen molar-refractivity contribution in [3.63, 3.8) is 0 Å². The zero-order chi connectivity index (χ0) is 12.1. The van der Waals surface area contributed by atoms with Gasteiger partial charge in [-0.15, -0.1) is 0 Å². The Labute approximate surface area is 105 Å². The lowest BCUT2D eigenvalue weighted by atomic mass is 10.0. The second-order valence-corrected chi connectivity index (χ2v) is 4.76. The van der Waals surface area contributed by atoms with Crippen LogP contribution in [0.1, 0.15) is 12.5 Å². The number of benzene rings is 2.